The highest BCUT2D eigenvalue weighted by molar-refractivity contribution is 9.10. The van der Waals surface area contributed by atoms with Crippen molar-refractivity contribution in [2.75, 3.05) is 5.32 Å². The largest absolute Gasteiger partial charge is 0.380 e. The van der Waals surface area contributed by atoms with Crippen LogP contribution in [0, 0.1) is 15.9 Å². The molecule has 2 rings (SSSR count). The van der Waals surface area contributed by atoms with Crippen molar-refractivity contribution in [2.24, 2.45) is 0 Å². The zero-order valence-corrected chi connectivity index (χ0v) is 13.2. The first-order valence-electron chi connectivity index (χ1n) is 5.59. The zero-order valence-electron chi connectivity index (χ0n) is 10.1. The van der Waals surface area contributed by atoms with Crippen LogP contribution >= 0.6 is 31.9 Å². The quantitative estimate of drug-likeness (QED) is 0.585. The van der Waals surface area contributed by atoms with Gasteiger partial charge in [0.25, 0.3) is 5.69 Å². The van der Waals surface area contributed by atoms with Crippen LogP contribution in [0.4, 0.5) is 15.8 Å². The maximum Gasteiger partial charge on any atom is 0.271 e. The van der Waals surface area contributed by atoms with Crippen molar-refractivity contribution >= 4 is 43.2 Å². The molecule has 104 valence electrons. The maximum absolute atomic E-state index is 13.2. The van der Waals surface area contributed by atoms with E-state index in [4.69, 9.17) is 0 Å². The predicted molar refractivity (Wildman–Crippen MR) is 82.2 cm³/mol. The van der Waals surface area contributed by atoms with Crippen molar-refractivity contribution in [2.45, 2.75) is 6.54 Å². The lowest BCUT2D eigenvalue weighted by Crippen LogP contribution is -2.02. The van der Waals surface area contributed by atoms with Crippen LogP contribution in [0.25, 0.3) is 0 Å². The van der Waals surface area contributed by atoms with Gasteiger partial charge in [0.15, 0.2) is 0 Å². The Morgan fingerprint density at radius 1 is 1.15 bits per heavy atom. The summed E-state index contributed by atoms with van der Waals surface area (Å²) >= 11 is 6.65. The lowest BCUT2D eigenvalue weighted by Gasteiger charge is -2.10. The number of nitro groups is 1. The van der Waals surface area contributed by atoms with Gasteiger partial charge >= 0.3 is 0 Å². The summed E-state index contributed by atoms with van der Waals surface area (Å²) in [5.74, 6) is -0.330. The number of nitrogens with zero attached hydrogens (tertiary/aromatic N) is 1. The summed E-state index contributed by atoms with van der Waals surface area (Å²) in [5.41, 5.74) is 1.30. The van der Waals surface area contributed by atoms with Crippen LogP contribution in [-0.4, -0.2) is 4.92 Å². The van der Waals surface area contributed by atoms with Gasteiger partial charge in [0.2, 0.25) is 0 Å². The molecular formula is C13H9Br2FN2O2. The Hall–Kier alpha value is -1.47. The topological polar surface area (TPSA) is 55.2 Å². The summed E-state index contributed by atoms with van der Waals surface area (Å²) in [5, 5.41) is 13.8. The molecule has 0 aliphatic heterocycles. The van der Waals surface area contributed by atoms with Crippen molar-refractivity contribution in [3.8, 4) is 0 Å². The van der Waals surface area contributed by atoms with Gasteiger partial charge in [-0.05, 0) is 45.8 Å². The molecule has 0 bridgehead atoms. The van der Waals surface area contributed by atoms with Gasteiger partial charge in [0, 0.05) is 27.6 Å². The highest BCUT2D eigenvalue weighted by atomic mass is 79.9. The highest BCUT2D eigenvalue weighted by Gasteiger charge is 2.10. The first-order chi connectivity index (χ1) is 9.47. The minimum Gasteiger partial charge on any atom is -0.380 e. The Balaban J connectivity index is 2.20. The van der Waals surface area contributed by atoms with E-state index in [0.717, 1.165) is 10.0 Å². The van der Waals surface area contributed by atoms with Crippen molar-refractivity contribution in [1.82, 2.24) is 0 Å². The Kier molecular flexibility index (Phi) is 4.72. The number of anilines is 1. The van der Waals surface area contributed by atoms with E-state index in [9.17, 15) is 14.5 Å². The van der Waals surface area contributed by atoms with Crippen molar-refractivity contribution in [3.63, 3.8) is 0 Å². The SMILES string of the molecule is O=[N+]([O-])c1ccc(Br)c(NCc2cc(F)ccc2Br)c1. The monoisotopic (exact) mass is 402 g/mol. The lowest BCUT2D eigenvalue weighted by atomic mass is 10.2. The molecule has 0 aliphatic rings. The summed E-state index contributed by atoms with van der Waals surface area (Å²) < 4.78 is 14.7. The van der Waals surface area contributed by atoms with E-state index in [1.54, 1.807) is 12.1 Å². The number of halogens is 3. The molecule has 0 fully saturated rings. The molecule has 0 atom stereocenters. The summed E-state index contributed by atoms with van der Waals surface area (Å²) in [6.45, 7) is 0.345. The molecule has 7 heteroatoms. The molecule has 20 heavy (non-hydrogen) atoms. The average molecular weight is 404 g/mol. The van der Waals surface area contributed by atoms with Gasteiger partial charge in [-0.15, -0.1) is 0 Å². The molecule has 1 N–H and O–H groups in total. The van der Waals surface area contributed by atoms with Crippen molar-refractivity contribution in [3.05, 3.63) is 66.8 Å². The van der Waals surface area contributed by atoms with Gasteiger partial charge in [-0.3, -0.25) is 10.1 Å². The summed E-state index contributed by atoms with van der Waals surface area (Å²) in [6.07, 6.45) is 0. The number of hydrogen-bond donors (Lipinski definition) is 1. The second-order valence-corrected chi connectivity index (χ2v) is 5.72. The van der Waals surface area contributed by atoms with Crippen LogP contribution in [0.1, 0.15) is 5.56 Å². The fraction of sp³-hybridized carbons (Fsp3) is 0.0769. The van der Waals surface area contributed by atoms with Crippen LogP contribution in [0.15, 0.2) is 45.3 Å². The van der Waals surface area contributed by atoms with Gasteiger partial charge < -0.3 is 5.32 Å². The van der Waals surface area contributed by atoms with Crippen LogP contribution < -0.4 is 5.32 Å². The molecule has 0 aliphatic carbocycles. The molecule has 0 unspecified atom stereocenters. The molecule has 0 aromatic heterocycles. The second-order valence-electron chi connectivity index (χ2n) is 4.01. The number of nitrogens with one attached hydrogen (secondary N) is 1. The minimum atomic E-state index is -0.463. The number of benzene rings is 2. The Bertz CT molecular complexity index is 665. The molecule has 0 saturated heterocycles. The Morgan fingerprint density at radius 2 is 1.85 bits per heavy atom. The van der Waals surface area contributed by atoms with Gasteiger partial charge in [-0.2, -0.15) is 0 Å². The highest BCUT2D eigenvalue weighted by Crippen LogP contribution is 2.28. The van der Waals surface area contributed by atoms with E-state index in [0.29, 0.717) is 16.7 Å². The first kappa shape index (κ1) is 14.9. The van der Waals surface area contributed by atoms with E-state index < -0.39 is 4.92 Å². The first-order valence-corrected chi connectivity index (χ1v) is 7.17. The van der Waals surface area contributed by atoms with Gasteiger partial charge in [-0.25, -0.2) is 4.39 Å². The number of rotatable bonds is 4. The minimum absolute atomic E-state index is 0.00555. The van der Waals surface area contributed by atoms with E-state index in [1.807, 2.05) is 0 Å². The number of non-ortho nitro benzene ring substituents is 1. The summed E-state index contributed by atoms with van der Waals surface area (Å²) in [6, 6.07) is 8.82. The van der Waals surface area contributed by atoms with Crippen LogP contribution in [0.2, 0.25) is 0 Å². The van der Waals surface area contributed by atoms with Gasteiger partial charge in [-0.1, -0.05) is 15.9 Å². The molecule has 0 saturated carbocycles. The molecule has 4 nitrogen and oxygen atoms in total. The van der Waals surface area contributed by atoms with Crippen molar-refractivity contribution in [1.29, 1.82) is 0 Å². The zero-order chi connectivity index (χ0) is 14.7. The standard InChI is InChI=1S/C13H9Br2FN2O2/c14-11-3-1-9(16)5-8(11)7-17-13-6-10(18(19)20)2-4-12(13)15/h1-6,17H,7H2. The van der Waals surface area contributed by atoms with Crippen LogP contribution in [-0.2, 0) is 6.54 Å². The molecule has 0 radical (unpaired) electrons. The summed E-state index contributed by atoms with van der Waals surface area (Å²) in [4.78, 5) is 10.3. The third-order valence-electron chi connectivity index (χ3n) is 2.64. The second kappa shape index (κ2) is 6.32. The van der Waals surface area contributed by atoms with E-state index in [1.165, 1.54) is 24.3 Å². The molecule has 2 aromatic rings. The van der Waals surface area contributed by atoms with Gasteiger partial charge in [0.1, 0.15) is 5.82 Å². The summed E-state index contributed by atoms with van der Waals surface area (Å²) in [7, 11) is 0. The van der Waals surface area contributed by atoms with E-state index >= 15 is 0 Å². The molecule has 2 aromatic carbocycles. The van der Waals surface area contributed by atoms with Crippen molar-refractivity contribution < 1.29 is 9.31 Å². The van der Waals surface area contributed by atoms with E-state index in [2.05, 4.69) is 37.2 Å². The molecule has 0 amide bonds. The maximum atomic E-state index is 13.2. The fourth-order valence-corrected chi connectivity index (χ4v) is 2.41. The molecule has 0 spiro atoms. The number of hydrogen-bond acceptors (Lipinski definition) is 3. The number of nitro benzene ring substituents is 1. The molecular weight excluding hydrogens is 395 g/mol. The third kappa shape index (κ3) is 3.55. The van der Waals surface area contributed by atoms with Gasteiger partial charge in [0.05, 0.1) is 10.6 Å². The van der Waals surface area contributed by atoms with Crippen LogP contribution in [0.5, 0.6) is 0 Å². The molecule has 0 heterocycles. The lowest BCUT2D eigenvalue weighted by molar-refractivity contribution is -0.384. The van der Waals surface area contributed by atoms with E-state index in [-0.39, 0.29) is 11.5 Å². The Morgan fingerprint density at radius 3 is 2.55 bits per heavy atom. The average Bonchev–Trinajstić information content (AvgIpc) is 2.41. The van der Waals surface area contributed by atoms with Crippen LogP contribution in [0.3, 0.4) is 0 Å². The third-order valence-corrected chi connectivity index (χ3v) is 4.10. The smallest absolute Gasteiger partial charge is 0.271 e. The predicted octanol–water partition coefficient (Wildman–Crippen LogP) is 4.87. The fourth-order valence-electron chi connectivity index (χ4n) is 1.63. The normalized spacial score (nSPS) is 10.3. The Labute approximate surface area is 131 Å².